The molecule has 0 spiro atoms. The molecule has 1 aliphatic carbocycles. The van der Waals surface area contributed by atoms with Gasteiger partial charge >= 0.3 is 12.4 Å². The summed E-state index contributed by atoms with van der Waals surface area (Å²) >= 11 is 0. The van der Waals surface area contributed by atoms with Gasteiger partial charge in [-0.15, -0.1) is 0 Å². The standard InChI is InChI=1S/C36H35F6N3O3/c37-35(38,39)22-45-33(48)34(29-13-5-3-10-26(29)27-11-4-6-14-30(27)34)19-7-8-20-43-31(46)21-44-32(47)28-12-2-1-9-25(28)23-15-17-24(18-16-23)36(40,41)42/h1-6,9-18,31-32,43-44,46-47H,7-8,19-22H2,(H,45,48). The van der Waals surface area contributed by atoms with Crippen LogP contribution in [0.2, 0.25) is 0 Å². The molecular formula is C36H35F6N3O3. The third kappa shape index (κ3) is 7.73. The number of amides is 1. The van der Waals surface area contributed by atoms with Crippen molar-refractivity contribution < 1.29 is 41.4 Å². The van der Waals surface area contributed by atoms with Crippen molar-refractivity contribution >= 4 is 5.91 Å². The number of hydrogen-bond donors (Lipinski definition) is 5. The van der Waals surface area contributed by atoms with Gasteiger partial charge in [-0.2, -0.15) is 26.3 Å². The van der Waals surface area contributed by atoms with Gasteiger partial charge in [0.05, 0.1) is 5.56 Å². The number of rotatable bonds is 13. The van der Waals surface area contributed by atoms with Crippen molar-refractivity contribution in [2.45, 2.75) is 49.5 Å². The fourth-order valence-electron chi connectivity index (χ4n) is 6.31. The lowest BCUT2D eigenvalue weighted by Gasteiger charge is -2.31. The summed E-state index contributed by atoms with van der Waals surface area (Å²) in [5, 5.41) is 29.2. The second kappa shape index (κ2) is 14.5. The lowest BCUT2D eigenvalue weighted by molar-refractivity contribution is -0.141. The Morgan fingerprint density at radius 3 is 1.85 bits per heavy atom. The highest BCUT2D eigenvalue weighted by Crippen LogP contribution is 2.51. The Balaban J connectivity index is 1.18. The van der Waals surface area contributed by atoms with E-state index in [1.54, 1.807) is 48.5 Å². The third-order valence-electron chi connectivity index (χ3n) is 8.54. The number of fused-ring (bicyclic) bond motifs is 3. The van der Waals surface area contributed by atoms with Crippen LogP contribution in [0.3, 0.4) is 0 Å². The van der Waals surface area contributed by atoms with E-state index in [1.807, 2.05) is 24.3 Å². The molecule has 12 heteroatoms. The van der Waals surface area contributed by atoms with E-state index < -0.39 is 48.2 Å². The highest BCUT2D eigenvalue weighted by molar-refractivity contribution is 6.00. The first kappa shape index (κ1) is 35.1. The molecule has 0 aromatic heterocycles. The lowest BCUT2D eigenvalue weighted by Crippen LogP contribution is -2.47. The van der Waals surface area contributed by atoms with Crippen LogP contribution >= 0.6 is 0 Å². The molecular weight excluding hydrogens is 636 g/mol. The molecule has 0 heterocycles. The smallest absolute Gasteiger partial charge is 0.377 e. The molecule has 0 fully saturated rings. The molecule has 4 aromatic rings. The van der Waals surface area contributed by atoms with E-state index >= 15 is 0 Å². The second-order valence-corrected chi connectivity index (χ2v) is 11.7. The summed E-state index contributed by atoms with van der Waals surface area (Å²) in [4.78, 5) is 13.6. The highest BCUT2D eigenvalue weighted by Gasteiger charge is 2.49. The number of aliphatic hydroxyl groups excluding tert-OH is 2. The van der Waals surface area contributed by atoms with Crippen LogP contribution in [0.15, 0.2) is 97.1 Å². The van der Waals surface area contributed by atoms with E-state index in [0.29, 0.717) is 47.2 Å². The molecule has 4 aromatic carbocycles. The molecule has 0 bridgehead atoms. The first-order valence-corrected chi connectivity index (χ1v) is 15.4. The Morgan fingerprint density at radius 1 is 0.708 bits per heavy atom. The molecule has 48 heavy (non-hydrogen) atoms. The molecule has 6 nitrogen and oxygen atoms in total. The van der Waals surface area contributed by atoms with E-state index in [4.69, 9.17) is 0 Å². The van der Waals surface area contributed by atoms with Crippen molar-refractivity contribution in [3.05, 3.63) is 119 Å². The molecule has 0 radical (unpaired) electrons. The molecule has 1 aliphatic rings. The summed E-state index contributed by atoms with van der Waals surface area (Å²) in [7, 11) is 0. The molecule has 5 N–H and O–H groups in total. The van der Waals surface area contributed by atoms with Crippen molar-refractivity contribution in [3.63, 3.8) is 0 Å². The zero-order valence-electron chi connectivity index (χ0n) is 25.7. The normalized spacial score (nSPS) is 15.0. The maximum Gasteiger partial charge on any atom is 0.416 e. The predicted molar refractivity (Wildman–Crippen MR) is 169 cm³/mol. The minimum absolute atomic E-state index is 0.0763. The maximum atomic E-state index is 13.6. The number of hydrogen-bond acceptors (Lipinski definition) is 5. The van der Waals surface area contributed by atoms with Gasteiger partial charge in [0.1, 0.15) is 24.4 Å². The molecule has 5 rings (SSSR count). The van der Waals surface area contributed by atoms with Crippen LogP contribution in [0.4, 0.5) is 26.3 Å². The Hall–Kier alpha value is -4.23. The molecule has 0 saturated heterocycles. The molecule has 2 atom stereocenters. The Labute approximate surface area is 273 Å². The first-order valence-electron chi connectivity index (χ1n) is 15.4. The van der Waals surface area contributed by atoms with E-state index in [0.717, 1.165) is 23.3 Å². The van der Waals surface area contributed by atoms with Crippen LogP contribution in [0, 0.1) is 0 Å². The van der Waals surface area contributed by atoms with Crippen LogP contribution in [0.5, 0.6) is 0 Å². The lowest BCUT2D eigenvalue weighted by atomic mass is 9.73. The van der Waals surface area contributed by atoms with Crippen molar-refractivity contribution in [1.82, 2.24) is 16.0 Å². The van der Waals surface area contributed by atoms with Crippen molar-refractivity contribution in [1.29, 1.82) is 0 Å². The summed E-state index contributed by atoms with van der Waals surface area (Å²) in [5.41, 5.74) is 2.21. The fourth-order valence-corrected chi connectivity index (χ4v) is 6.31. The summed E-state index contributed by atoms with van der Waals surface area (Å²) in [6.45, 7) is -1.21. The fraction of sp³-hybridized carbons (Fsp3) is 0.306. The monoisotopic (exact) mass is 671 g/mol. The predicted octanol–water partition coefficient (Wildman–Crippen LogP) is 6.68. The topological polar surface area (TPSA) is 93.6 Å². The van der Waals surface area contributed by atoms with Gasteiger partial charge in [0, 0.05) is 12.1 Å². The average Bonchev–Trinajstić information content (AvgIpc) is 3.36. The van der Waals surface area contributed by atoms with Gasteiger partial charge in [0.15, 0.2) is 0 Å². The van der Waals surface area contributed by atoms with Gasteiger partial charge in [0.2, 0.25) is 5.91 Å². The van der Waals surface area contributed by atoms with Crippen molar-refractivity contribution in [2.75, 3.05) is 19.6 Å². The molecule has 254 valence electrons. The van der Waals surface area contributed by atoms with Crippen LogP contribution in [0.1, 0.15) is 47.7 Å². The van der Waals surface area contributed by atoms with Crippen molar-refractivity contribution in [2.24, 2.45) is 0 Å². The average molecular weight is 672 g/mol. The SMILES string of the molecule is O=C(NCC(F)(F)F)C1(CCCCNC(O)CNC(O)c2ccccc2-c2ccc(C(F)(F)F)cc2)c2ccccc2-c2ccccc21. The van der Waals surface area contributed by atoms with Gasteiger partial charge in [-0.05, 0) is 64.9 Å². The summed E-state index contributed by atoms with van der Waals surface area (Å²) < 4.78 is 78.3. The number of benzene rings is 4. The molecule has 0 aliphatic heterocycles. The van der Waals surface area contributed by atoms with E-state index in [9.17, 15) is 41.4 Å². The number of aliphatic hydroxyl groups is 2. The Kier molecular flexibility index (Phi) is 10.6. The third-order valence-corrected chi connectivity index (χ3v) is 8.54. The zero-order valence-corrected chi connectivity index (χ0v) is 25.7. The van der Waals surface area contributed by atoms with Crippen LogP contribution in [0.25, 0.3) is 22.3 Å². The van der Waals surface area contributed by atoms with Gasteiger partial charge in [-0.25, -0.2) is 0 Å². The number of nitrogens with one attached hydrogen (secondary N) is 3. The minimum Gasteiger partial charge on any atom is -0.377 e. The summed E-state index contributed by atoms with van der Waals surface area (Å²) in [6, 6.07) is 25.7. The van der Waals surface area contributed by atoms with Crippen LogP contribution in [-0.2, 0) is 16.4 Å². The molecule has 1 amide bonds. The number of carbonyl (C=O) groups is 1. The van der Waals surface area contributed by atoms with Gasteiger partial charge < -0.3 is 15.5 Å². The highest BCUT2D eigenvalue weighted by atomic mass is 19.4. The van der Waals surface area contributed by atoms with Gasteiger partial charge in [-0.3, -0.25) is 15.4 Å². The maximum absolute atomic E-state index is 13.6. The second-order valence-electron chi connectivity index (χ2n) is 11.7. The molecule has 0 saturated carbocycles. The minimum atomic E-state index is -4.57. The van der Waals surface area contributed by atoms with Crippen molar-refractivity contribution in [3.8, 4) is 22.3 Å². The van der Waals surface area contributed by atoms with Crippen LogP contribution < -0.4 is 16.0 Å². The largest absolute Gasteiger partial charge is 0.416 e. The zero-order chi connectivity index (χ0) is 34.5. The van der Waals surface area contributed by atoms with E-state index in [1.165, 1.54) is 12.1 Å². The number of carbonyl (C=O) groups excluding carboxylic acids is 1. The summed E-state index contributed by atoms with van der Waals surface area (Å²) in [6.07, 6.45) is -10.2. The number of alkyl halides is 6. The number of halogens is 6. The summed E-state index contributed by atoms with van der Waals surface area (Å²) in [5.74, 6) is -0.722. The molecule has 2 unspecified atom stereocenters. The first-order chi connectivity index (χ1) is 22.8. The number of unbranched alkanes of at least 4 members (excludes halogenated alkanes) is 1. The van der Waals surface area contributed by atoms with Gasteiger partial charge in [0.25, 0.3) is 0 Å². The Morgan fingerprint density at radius 2 is 1.27 bits per heavy atom. The van der Waals surface area contributed by atoms with E-state index in [2.05, 4.69) is 16.0 Å². The van der Waals surface area contributed by atoms with Gasteiger partial charge in [-0.1, -0.05) is 91.3 Å². The van der Waals surface area contributed by atoms with Crippen LogP contribution in [-0.4, -0.2) is 48.2 Å². The quantitative estimate of drug-likeness (QED) is 0.0622. The van der Waals surface area contributed by atoms with E-state index in [-0.39, 0.29) is 13.0 Å². The Bertz CT molecular complexity index is 1660.